The quantitative estimate of drug-likeness (QED) is 0.638. The van der Waals surface area contributed by atoms with Crippen LogP contribution in [0.3, 0.4) is 0 Å². The predicted octanol–water partition coefficient (Wildman–Crippen LogP) is 4.14. The molecule has 162 valence electrons. The Morgan fingerprint density at radius 1 is 1.29 bits per heavy atom. The molecule has 0 bridgehead atoms. The van der Waals surface area contributed by atoms with Crippen LogP contribution in [-0.4, -0.2) is 38.2 Å². The summed E-state index contributed by atoms with van der Waals surface area (Å²) in [6, 6.07) is 11.1. The molecule has 0 fully saturated rings. The second-order valence-electron chi connectivity index (χ2n) is 6.87. The summed E-state index contributed by atoms with van der Waals surface area (Å²) in [4.78, 5) is 25.7. The molecule has 1 amide bonds. The summed E-state index contributed by atoms with van der Waals surface area (Å²) in [5.41, 5.74) is 2.17. The Balaban J connectivity index is 0.00000272. The number of ether oxygens (including phenoxy) is 1. The summed E-state index contributed by atoms with van der Waals surface area (Å²) >= 11 is 6.12. The van der Waals surface area contributed by atoms with Crippen LogP contribution in [0.5, 0.6) is 5.75 Å². The average Bonchev–Trinajstić information content (AvgIpc) is 3.05. The zero-order valence-electron chi connectivity index (χ0n) is 15.9. The molecule has 9 heteroatoms. The number of fused-ring (bicyclic) bond motifs is 3. The second kappa shape index (κ2) is 8.77. The van der Waals surface area contributed by atoms with Gasteiger partial charge in [0.1, 0.15) is 24.7 Å². The number of aromatic nitrogens is 2. The van der Waals surface area contributed by atoms with Crippen LogP contribution in [0.4, 0.5) is 4.39 Å². The molecule has 1 aromatic heterocycles. The molecule has 2 heterocycles. The molecular formula is C22H21ClFN3O4. The third-order valence-electron chi connectivity index (χ3n) is 4.85. The molecule has 31 heavy (non-hydrogen) atoms. The highest BCUT2D eigenvalue weighted by Gasteiger charge is 2.31. The normalized spacial score (nSPS) is 11.6. The van der Waals surface area contributed by atoms with E-state index in [0.717, 1.165) is 4.90 Å². The summed E-state index contributed by atoms with van der Waals surface area (Å²) in [5, 5.41) is 14.1. The lowest BCUT2D eigenvalue weighted by atomic mass is 10.0. The number of rotatable bonds is 5. The van der Waals surface area contributed by atoms with Gasteiger partial charge in [0.2, 0.25) is 0 Å². The van der Waals surface area contributed by atoms with Crippen molar-refractivity contribution in [1.82, 2.24) is 14.7 Å². The summed E-state index contributed by atoms with van der Waals surface area (Å²) in [6.07, 6.45) is 0. The lowest BCUT2D eigenvalue weighted by Crippen LogP contribution is -2.36. The SMILES string of the molecule is C.Cn1nc(C(=O)N(CC(=O)O)Cc2ccccc2F)c2c1-c1cc(Cl)ccc1OC2. The lowest BCUT2D eigenvalue weighted by Gasteiger charge is -2.22. The van der Waals surface area contributed by atoms with Gasteiger partial charge in [-0.3, -0.25) is 14.3 Å². The molecule has 4 rings (SSSR count). The van der Waals surface area contributed by atoms with E-state index in [4.69, 9.17) is 16.3 Å². The van der Waals surface area contributed by atoms with Gasteiger partial charge in [0, 0.05) is 35.3 Å². The highest BCUT2D eigenvalue weighted by atomic mass is 35.5. The number of carbonyl (C=O) groups excluding carboxylic acids is 1. The first-order chi connectivity index (χ1) is 14.3. The molecule has 0 saturated heterocycles. The van der Waals surface area contributed by atoms with Crippen LogP contribution in [0.2, 0.25) is 5.02 Å². The Hall–Kier alpha value is -3.39. The molecule has 3 aromatic rings. The van der Waals surface area contributed by atoms with E-state index < -0.39 is 24.2 Å². The van der Waals surface area contributed by atoms with E-state index in [1.165, 1.54) is 18.2 Å². The minimum Gasteiger partial charge on any atom is -0.488 e. The molecule has 0 unspecified atom stereocenters. The van der Waals surface area contributed by atoms with Crippen molar-refractivity contribution in [3.8, 4) is 17.0 Å². The van der Waals surface area contributed by atoms with Crippen molar-refractivity contribution in [2.24, 2.45) is 7.05 Å². The standard InChI is InChI=1S/C21H17ClFN3O4.CH4/c1-25-20-14-8-13(22)6-7-17(14)30-11-15(20)19(24-25)21(29)26(10-18(27)28)9-12-4-2-3-5-16(12)23;/h2-8H,9-11H2,1H3,(H,27,28);1H4. The van der Waals surface area contributed by atoms with Crippen molar-refractivity contribution in [3.63, 3.8) is 0 Å². The molecular weight excluding hydrogens is 425 g/mol. The Labute approximate surface area is 183 Å². The van der Waals surface area contributed by atoms with Gasteiger partial charge in [0.15, 0.2) is 5.69 Å². The molecule has 2 aromatic carbocycles. The highest BCUT2D eigenvalue weighted by molar-refractivity contribution is 6.31. The Morgan fingerprint density at radius 3 is 2.74 bits per heavy atom. The number of carboxylic acids is 1. The van der Waals surface area contributed by atoms with Crippen molar-refractivity contribution in [2.75, 3.05) is 6.54 Å². The van der Waals surface area contributed by atoms with Gasteiger partial charge in [-0.2, -0.15) is 5.10 Å². The maximum atomic E-state index is 14.1. The Morgan fingerprint density at radius 2 is 2.03 bits per heavy atom. The van der Waals surface area contributed by atoms with E-state index in [9.17, 15) is 19.1 Å². The molecule has 0 atom stereocenters. The van der Waals surface area contributed by atoms with E-state index in [-0.39, 0.29) is 31.8 Å². The summed E-state index contributed by atoms with van der Waals surface area (Å²) < 4.78 is 21.4. The van der Waals surface area contributed by atoms with E-state index in [1.54, 1.807) is 36.0 Å². The van der Waals surface area contributed by atoms with Gasteiger partial charge in [-0.1, -0.05) is 37.2 Å². The zero-order valence-corrected chi connectivity index (χ0v) is 16.7. The summed E-state index contributed by atoms with van der Waals surface area (Å²) in [5.74, 6) is -1.73. The second-order valence-corrected chi connectivity index (χ2v) is 7.31. The van der Waals surface area contributed by atoms with Gasteiger partial charge in [-0.05, 0) is 24.3 Å². The zero-order chi connectivity index (χ0) is 21.4. The van der Waals surface area contributed by atoms with Crippen molar-refractivity contribution < 1.29 is 23.8 Å². The van der Waals surface area contributed by atoms with Gasteiger partial charge < -0.3 is 14.7 Å². The predicted molar refractivity (Wildman–Crippen MR) is 113 cm³/mol. The summed E-state index contributed by atoms with van der Waals surface area (Å²) in [7, 11) is 1.68. The van der Waals surface area contributed by atoms with Crippen LogP contribution >= 0.6 is 11.6 Å². The third kappa shape index (κ3) is 4.25. The smallest absolute Gasteiger partial charge is 0.323 e. The van der Waals surface area contributed by atoms with Crippen molar-refractivity contribution >= 4 is 23.5 Å². The number of amides is 1. The molecule has 0 radical (unpaired) electrons. The maximum Gasteiger partial charge on any atom is 0.323 e. The van der Waals surface area contributed by atoms with Gasteiger partial charge in [-0.15, -0.1) is 0 Å². The van der Waals surface area contributed by atoms with Gasteiger partial charge in [-0.25, -0.2) is 4.39 Å². The van der Waals surface area contributed by atoms with E-state index in [2.05, 4.69) is 5.10 Å². The fourth-order valence-corrected chi connectivity index (χ4v) is 3.69. The number of halogens is 2. The van der Waals surface area contributed by atoms with E-state index in [1.807, 2.05) is 0 Å². The maximum absolute atomic E-state index is 14.1. The van der Waals surface area contributed by atoms with E-state index in [0.29, 0.717) is 27.6 Å². The van der Waals surface area contributed by atoms with Gasteiger partial charge >= 0.3 is 5.97 Å². The van der Waals surface area contributed by atoms with Crippen LogP contribution in [0, 0.1) is 5.82 Å². The van der Waals surface area contributed by atoms with Crippen LogP contribution in [0.15, 0.2) is 42.5 Å². The molecule has 0 aliphatic carbocycles. The number of carboxylic acid groups (broad SMARTS) is 1. The van der Waals surface area contributed by atoms with Crippen molar-refractivity contribution in [1.29, 1.82) is 0 Å². The number of nitrogens with zero attached hydrogens (tertiary/aromatic N) is 3. The highest BCUT2D eigenvalue weighted by Crippen LogP contribution is 2.40. The number of carbonyl (C=O) groups is 2. The number of aryl methyl sites for hydroxylation is 1. The molecule has 1 N–H and O–H groups in total. The average molecular weight is 446 g/mol. The third-order valence-corrected chi connectivity index (χ3v) is 5.08. The minimum absolute atomic E-state index is 0. The lowest BCUT2D eigenvalue weighted by molar-refractivity contribution is -0.137. The van der Waals surface area contributed by atoms with Crippen LogP contribution < -0.4 is 4.74 Å². The molecule has 0 spiro atoms. The summed E-state index contributed by atoms with van der Waals surface area (Å²) in [6.45, 7) is -0.701. The van der Waals surface area contributed by atoms with Crippen molar-refractivity contribution in [3.05, 3.63) is 70.1 Å². The fourth-order valence-electron chi connectivity index (χ4n) is 3.52. The number of benzene rings is 2. The van der Waals surface area contributed by atoms with Crippen LogP contribution in [0.1, 0.15) is 29.0 Å². The monoisotopic (exact) mass is 445 g/mol. The first-order valence-corrected chi connectivity index (χ1v) is 9.46. The van der Waals surface area contributed by atoms with Crippen molar-refractivity contribution in [2.45, 2.75) is 20.6 Å². The van der Waals surface area contributed by atoms with Gasteiger partial charge in [0.05, 0.1) is 5.69 Å². The Kier molecular flexibility index (Phi) is 6.31. The molecule has 1 aliphatic rings. The Bertz CT molecular complexity index is 1160. The largest absolute Gasteiger partial charge is 0.488 e. The minimum atomic E-state index is -1.21. The molecule has 7 nitrogen and oxygen atoms in total. The first kappa shape index (κ1) is 22.3. The fraction of sp³-hybridized carbons (Fsp3) is 0.227. The first-order valence-electron chi connectivity index (χ1n) is 9.08. The molecule has 0 saturated carbocycles. The number of aliphatic carboxylic acids is 1. The van der Waals surface area contributed by atoms with Gasteiger partial charge in [0.25, 0.3) is 5.91 Å². The number of hydrogen-bond donors (Lipinski definition) is 1. The topological polar surface area (TPSA) is 84.7 Å². The molecule has 1 aliphatic heterocycles. The van der Waals surface area contributed by atoms with Crippen LogP contribution in [0.25, 0.3) is 11.3 Å². The van der Waals surface area contributed by atoms with E-state index >= 15 is 0 Å². The number of hydrogen-bond acceptors (Lipinski definition) is 4. The van der Waals surface area contributed by atoms with Crippen LogP contribution in [-0.2, 0) is 25.0 Å².